The minimum absolute atomic E-state index is 0. The molecule has 0 aliphatic heterocycles. The summed E-state index contributed by atoms with van der Waals surface area (Å²) >= 11 is 5.66. The lowest BCUT2D eigenvalue weighted by Gasteiger charge is -2.03. The number of hydrogen-bond acceptors (Lipinski definition) is 2. The first-order valence-electron chi connectivity index (χ1n) is 9.47. The molecule has 0 aliphatic rings. The minimum Gasteiger partial charge on any atom is -0.344 e. The van der Waals surface area contributed by atoms with Crippen LogP contribution >= 0.6 is 11.6 Å². The summed E-state index contributed by atoms with van der Waals surface area (Å²) in [5.74, 6) is 0.846. The first kappa shape index (κ1) is 30.8. The molecule has 0 aromatic rings. The Hall–Kier alpha value is -0.0500. The first-order chi connectivity index (χ1) is 10.4. The van der Waals surface area contributed by atoms with Crippen LogP contribution in [0.25, 0.3) is 0 Å². The molecule has 0 heterocycles. The van der Waals surface area contributed by atoms with Gasteiger partial charge >= 0.3 is 0 Å². The average molecular weight is 351 g/mol. The Kier molecular flexibility index (Phi) is 44.9. The Morgan fingerprint density at radius 3 is 0.913 bits per heavy atom. The van der Waals surface area contributed by atoms with Crippen molar-refractivity contribution in [2.45, 2.75) is 110 Å². The fourth-order valence-electron chi connectivity index (χ4n) is 2.64. The third kappa shape index (κ3) is 34.3. The molecule has 0 atom stereocenters. The highest BCUT2D eigenvalue weighted by Gasteiger charge is 1.94. The molecule has 0 saturated heterocycles. The quantitative estimate of drug-likeness (QED) is 0.166. The van der Waals surface area contributed by atoms with Crippen LogP contribution < -0.4 is 12.3 Å². The molecule has 0 amide bonds. The molecule has 2 nitrogen and oxygen atoms in total. The molecular formula is C20H47ClN2. The van der Waals surface area contributed by atoms with Gasteiger partial charge in [0.05, 0.1) is 0 Å². The van der Waals surface area contributed by atoms with E-state index in [-0.39, 0.29) is 12.3 Å². The standard InChI is InChI=1S/C18H37Cl.C2H4.2H3N/c1-2-3-4-5-6-7-8-9-10-11-12-13-14-15-16-17-18-19;1-2;;/h2-18H2,1H3;1-2H2;2*1H3. The zero-order chi connectivity index (χ0) is 16.0. The largest absolute Gasteiger partial charge is 0.344 e. The SMILES string of the molecule is C=C.CCCCCCCCCCCCCCCCCCCl.N.N. The van der Waals surface area contributed by atoms with Gasteiger partial charge in [0.1, 0.15) is 0 Å². The highest BCUT2D eigenvalue weighted by atomic mass is 35.5. The molecule has 0 aromatic heterocycles. The molecule has 23 heavy (non-hydrogen) atoms. The van der Waals surface area contributed by atoms with Crippen LogP contribution in [0.3, 0.4) is 0 Å². The minimum atomic E-state index is 0. The second-order valence-electron chi connectivity index (χ2n) is 5.99. The smallest absolute Gasteiger partial charge is 0.0223 e. The van der Waals surface area contributed by atoms with Crippen molar-refractivity contribution in [1.82, 2.24) is 12.3 Å². The van der Waals surface area contributed by atoms with Crippen molar-refractivity contribution in [3.05, 3.63) is 13.2 Å². The predicted molar refractivity (Wildman–Crippen MR) is 112 cm³/mol. The van der Waals surface area contributed by atoms with Crippen molar-refractivity contribution in [2.75, 3.05) is 5.88 Å². The van der Waals surface area contributed by atoms with E-state index in [0.717, 1.165) is 5.88 Å². The Labute approximate surface area is 153 Å². The van der Waals surface area contributed by atoms with Crippen molar-refractivity contribution in [1.29, 1.82) is 0 Å². The zero-order valence-electron chi connectivity index (χ0n) is 16.2. The van der Waals surface area contributed by atoms with E-state index in [1.54, 1.807) is 0 Å². The van der Waals surface area contributed by atoms with Crippen molar-refractivity contribution in [3.63, 3.8) is 0 Å². The summed E-state index contributed by atoms with van der Waals surface area (Å²) in [6, 6.07) is 0. The molecule has 3 heteroatoms. The van der Waals surface area contributed by atoms with E-state index in [4.69, 9.17) is 11.6 Å². The van der Waals surface area contributed by atoms with E-state index in [2.05, 4.69) is 20.1 Å². The van der Waals surface area contributed by atoms with E-state index in [1.165, 1.54) is 103 Å². The molecule has 0 spiro atoms. The number of unbranched alkanes of at least 4 members (excludes halogenated alkanes) is 15. The molecule has 144 valence electrons. The van der Waals surface area contributed by atoms with Crippen LogP contribution in [0, 0.1) is 0 Å². The molecule has 0 rings (SSSR count). The van der Waals surface area contributed by atoms with Crippen molar-refractivity contribution in [2.24, 2.45) is 0 Å². The van der Waals surface area contributed by atoms with Crippen LogP contribution in [0.1, 0.15) is 110 Å². The van der Waals surface area contributed by atoms with Gasteiger partial charge in [0.25, 0.3) is 0 Å². The van der Waals surface area contributed by atoms with Gasteiger partial charge in [-0.2, -0.15) is 0 Å². The lowest BCUT2D eigenvalue weighted by molar-refractivity contribution is 0.531. The maximum Gasteiger partial charge on any atom is 0.0223 e. The average Bonchev–Trinajstić information content (AvgIpc) is 2.53. The van der Waals surface area contributed by atoms with Gasteiger partial charge in [-0.25, -0.2) is 0 Å². The third-order valence-corrected chi connectivity index (χ3v) is 4.25. The Morgan fingerprint density at radius 1 is 0.478 bits per heavy atom. The summed E-state index contributed by atoms with van der Waals surface area (Å²) in [5, 5.41) is 0. The Bertz CT molecular complexity index is 150. The summed E-state index contributed by atoms with van der Waals surface area (Å²) in [7, 11) is 0. The van der Waals surface area contributed by atoms with Gasteiger partial charge in [0, 0.05) is 5.88 Å². The molecule has 0 aliphatic carbocycles. The molecule has 0 unspecified atom stereocenters. The van der Waals surface area contributed by atoms with Gasteiger partial charge in [0.2, 0.25) is 0 Å². The molecule has 0 fully saturated rings. The Balaban J connectivity index is -0.000000432. The second-order valence-corrected chi connectivity index (χ2v) is 6.37. The summed E-state index contributed by atoms with van der Waals surface area (Å²) < 4.78 is 0. The summed E-state index contributed by atoms with van der Waals surface area (Å²) in [4.78, 5) is 0. The topological polar surface area (TPSA) is 70.0 Å². The van der Waals surface area contributed by atoms with Crippen LogP contribution in [0.2, 0.25) is 0 Å². The van der Waals surface area contributed by atoms with Gasteiger partial charge in [-0.3, -0.25) is 0 Å². The number of alkyl halides is 1. The summed E-state index contributed by atoms with van der Waals surface area (Å²) in [6.45, 7) is 8.29. The third-order valence-electron chi connectivity index (χ3n) is 3.99. The molecule has 0 saturated carbocycles. The van der Waals surface area contributed by atoms with Gasteiger partial charge < -0.3 is 12.3 Å². The molecular weight excluding hydrogens is 304 g/mol. The van der Waals surface area contributed by atoms with Gasteiger partial charge in [-0.1, -0.05) is 103 Å². The number of halogens is 1. The highest BCUT2D eigenvalue weighted by Crippen LogP contribution is 2.13. The zero-order valence-corrected chi connectivity index (χ0v) is 17.0. The molecule has 6 N–H and O–H groups in total. The van der Waals surface area contributed by atoms with E-state index in [9.17, 15) is 0 Å². The number of rotatable bonds is 16. The van der Waals surface area contributed by atoms with Crippen molar-refractivity contribution >= 4 is 11.6 Å². The molecule has 0 radical (unpaired) electrons. The second kappa shape index (κ2) is 33.5. The van der Waals surface area contributed by atoms with Gasteiger partial charge in [0.15, 0.2) is 0 Å². The lowest BCUT2D eigenvalue weighted by atomic mass is 10.0. The van der Waals surface area contributed by atoms with Crippen molar-refractivity contribution < 1.29 is 0 Å². The van der Waals surface area contributed by atoms with E-state index < -0.39 is 0 Å². The van der Waals surface area contributed by atoms with E-state index in [0.29, 0.717) is 0 Å². The van der Waals surface area contributed by atoms with Crippen LogP contribution in [0.5, 0.6) is 0 Å². The van der Waals surface area contributed by atoms with Crippen LogP contribution in [-0.4, -0.2) is 5.88 Å². The highest BCUT2D eigenvalue weighted by molar-refractivity contribution is 6.17. The monoisotopic (exact) mass is 350 g/mol. The molecule has 0 bridgehead atoms. The first-order valence-corrected chi connectivity index (χ1v) is 10.0. The lowest BCUT2D eigenvalue weighted by Crippen LogP contribution is -1.83. The fraction of sp³-hybridized carbons (Fsp3) is 0.900. The van der Waals surface area contributed by atoms with Crippen LogP contribution in [-0.2, 0) is 0 Å². The maximum absolute atomic E-state index is 5.66. The van der Waals surface area contributed by atoms with Gasteiger partial charge in [-0.05, 0) is 6.42 Å². The van der Waals surface area contributed by atoms with Crippen molar-refractivity contribution in [3.8, 4) is 0 Å². The Morgan fingerprint density at radius 2 is 0.696 bits per heavy atom. The normalized spacial score (nSPS) is 9.30. The van der Waals surface area contributed by atoms with E-state index in [1.807, 2.05) is 0 Å². The van der Waals surface area contributed by atoms with Crippen LogP contribution in [0.4, 0.5) is 0 Å². The maximum atomic E-state index is 5.66. The summed E-state index contributed by atoms with van der Waals surface area (Å²) in [5.41, 5.74) is 0. The predicted octanol–water partition coefficient (Wildman–Crippen LogP) is 8.61. The van der Waals surface area contributed by atoms with Crippen LogP contribution in [0.15, 0.2) is 13.2 Å². The van der Waals surface area contributed by atoms with E-state index >= 15 is 0 Å². The fourth-order valence-corrected chi connectivity index (χ4v) is 2.83. The molecule has 0 aromatic carbocycles. The summed E-state index contributed by atoms with van der Waals surface area (Å²) in [6.07, 6.45) is 22.8. The number of hydrogen-bond donors (Lipinski definition) is 2. The van der Waals surface area contributed by atoms with Gasteiger partial charge in [-0.15, -0.1) is 24.8 Å².